The average molecular weight is 568 g/mol. The van der Waals surface area contributed by atoms with Crippen LogP contribution in [-0.4, -0.2) is 74.9 Å². The lowest BCUT2D eigenvalue weighted by Crippen LogP contribution is -2.55. The molecule has 0 aliphatic carbocycles. The zero-order valence-corrected chi connectivity index (χ0v) is 23.6. The maximum atomic E-state index is 13.3. The van der Waals surface area contributed by atoms with Crippen LogP contribution in [-0.2, 0) is 4.79 Å². The summed E-state index contributed by atoms with van der Waals surface area (Å²) in [7, 11) is 1.62. The summed E-state index contributed by atoms with van der Waals surface area (Å²) in [5, 5.41) is 11.4. The van der Waals surface area contributed by atoms with E-state index in [-0.39, 0.29) is 23.6 Å². The summed E-state index contributed by atoms with van der Waals surface area (Å²) in [5.74, 6) is 2.03. The van der Waals surface area contributed by atoms with E-state index in [0.717, 1.165) is 22.2 Å². The Hall–Kier alpha value is -4.57. The molecule has 1 aliphatic rings. The number of rotatable bonds is 7. The Morgan fingerprint density at radius 3 is 2.51 bits per heavy atom. The molecule has 9 nitrogen and oxygen atoms in total. The number of hydrogen-bond donors (Lipinski definition) is 0. The van der Waals surface area contributed by atoms with Gasteiger partial charge in [-0.1, -0.05) is 42.1 Å². The highest BCUT2D eigenvalue weighted by molar-refractivity contribution is 7.99. The number of aromatic nitrogens is 3. The van der Waals surface area contributed by atoms with Gasteiger partial charge in [0.1, 0.15) is 5.75 Å². The molecule has 6 rings (SSSR count). The van der Waals surface area contributed by atoms with Gasteiger partial charge in [0.15, 0.2) is 10.9 Å². The number of benzene rings is 3. The Labute approximate surface area is 241 Å². The first-order valence-corrected chi connectivity index (χ1v) is 14.3. The minimum atomic E-state index is -0.106. The summed E-state index contributed by atoms with van der Waals surface area (Å²) in [6.07, 6.45) is 1.59. The molecule has 41 heavy (non-hydrogen) atoms. The van der Waals surface area contributed by atoms with Crippen LogP contribution in [0.4, 0.5) is 0 Å². The molecule has 2 amide bonds. The van der Waals surface area contributed by atoms with E-state index < -0.39 is 0 Å². The van der Waals surface area contributed by atoms with Gasteiger partial charge in [-0.2, -0.15) is 0 Å². The Balaban J connectivity index is 1.13. The van der Waals surface area contributed by atoms with Crippen LogP contribution < -0.4 is 4.74 Å². The zero-order valence-electron chi connectivity index (χ0n) is 22.8. The van der Waals surface area contributed by atoms with Gasteiger partial charge in [-0.3, -0.25) is 14.2 Å². The van der Waals surface area contributed by atoms with Gasteiger partial charge in [-0.25, -0.2) is 0 Å². The van der Waals surface area contributed by atoms with Gasteiger partial charge in [-0.15, -0.1) is 10.2 Å². The SMILES string of the molecule is COc1ccc(-n2c(SCC(=O)N3CCN(C(=O)c4ccc5ccccc5c4)C(C)C3)nnc2-c2ccco2)cc1. The van der Waals surface area contributed by atoms with Crippen LogP contribution in [0, 0.1) is 0 Å². The third-order valence-corrected chi connectivity index (χ3v) is 8.18. The normalized spacial score (nSPS) is 15.3. The molecule has 208 valence electrons. The van der Waals surface area contributed by atoms with Crippen molar-refractivity contribution in [3.05, 3.63) is 90.7 Å². The van der Waals surface area contributed by atoms with E-state index in [4.69, 9.17) is 9.15 Å². The lowest BCUT2D eigenvalue weighted by atomic mass is 10.0. The summed E-state index contributed by atoms with van der Waals surface area (Å²) in [4.78, 5) is 30.3. The molecule has 0 bridgehead atoms. The van der Waals surface area contributed by atoms with Crippen LogP contribution in [0.15, 0.2) is 94.7 Å². The minimum absolute atomic E-state index is 0.0107. The van der Waals surface area contributed by atoms with Gasteiger partial charge >= 0.3 is 0 Å². The maximum Gasteiger partial charge on any atom is 0.254 e. The van der Waals surface area contributed by atoms with Crippen LogP contribution >= 0.6 is 11.8 Å². The summed E-state index contributed by atoms with van der Waals surface area (Å²) in [5.41, 5.74) is 1.49. The third kappa shape index (κ3) is 5.43. The summed E-state index contributed by atoms with van der Waals surface area (Å²) < 4.78 is 12.8. The molecule has 1 fully saturated rings. The standard InChI is InChI=1S/C31H29N5O4S/c1-21-19-34(15-16-35(21)30(38)24-10-9-22-6-3-4-7-23(22)18-24)28(37)20-41-31-33-32-29(27-8-5-17-40-27)36(31)25-11-13-26(39-2)14-12-25/h3-14,17-18,21H,15-16,19-20H2,1-2H3. The number of methoxy groups -OCH3 is 1. The highest BCUT2D eigenvalue weighted by Crippen LogP contribution is 2.29. The Morgan fingerprint density at radius 1 is 0.976 bits per heavy atom. The van der Waals surface area contributed by atoms with Crippen molar-refractivity contribution in [2.75, 3.05) is 32.5 Å². The quantitative estimate of drug-likeness (QED) is 0.251. The van der Waals surface area contributed by atoms with Crippen LogP contribution in [0.25, 0.3) is 28.0 Å². The van der Waals surface area contributed by atoms with Crippen LogP contribution in [0.3, 0.4) is 0 Å². The molecule has 0 radical (unpaired) electrons. The molecule has 1 unspecified atom stereocenters. The van der Waals surface area contributed by atoms with Crippen molar-refractivity contribution in [1.29, 1.82) is 0 Å². The van der Waals surface area contributed by atoms with Crippen molar-refractivity contribution >= 4 is 34.3 Å². The average Bonchev–Trinajstić information content (AvgIpc) is 3.69. The van der Waals surface area contributed by atoms with Gasteiger partial charge < -0.3 is 19.0 Å². The van der Waals surface area contributed by atoms with Crippen molar-refractivity contribution in [1.82, 2.24) is 24.6 Å². The summed E-state index contributed by atoms with van der Waals surface area (Å²) in [6.45, 7) is 3.42. The molecule has 1 atom stereocenters. The second-order valence-electron chi connectivity index (χ2n) is 9.85. The number of furan rings is 1. The van der Waals surface area contributed by atoms with E-state index in [1.165, 1.54) is 11.8 Å². The molecular weight excluding hydrogens is 538 g/mol. The lowest BCUT2D eigenvalue weighted by molar-refractivity contribution is -0.130. The first-order valence-electron chi connectivity index (χ1n) is 13.4. The fraction of sp³-hybridized carbons (Fsp3) is 0.226. The smallest absolute Gasteiger partial charge is 0.254 e. The number of ether oxygens (including phenoxy) is 1. The molecule has 2 aromatic heterocycles. The van der Waals surface area contributed by atoms with Crippen LogP contribution in [0.2, 0.25) is 0 Å². The van der Waals surface area contributed by atoms with E-state index in [2.05, 4.69) is 10.2 Å². The van der Waals surface area contributed by atoms with Crippen molar-refractivity contribution < 1.29 is 18.7 Å². The predicted molar refractivity (Wildman–Crippen MR) is 157 cm³/mol. The lowest BCUT2D eigenvalue weighted by Gasteiger charge is -2.40. The van der Waals surface area contributed by atoms with Crippen molar-refractivity contribution in [3.8, 4) is 23.0 Å². The van der Waals surface area contributed by atoms with Crippen molar-refractivity contribution in [3.63, 3.8) is 0 Å². The number of fused-ring (bicyclic) bond motifs is 1. The van der Waals surface area contributed by atoms with E-state index >= 15 is 0 Å². The van der Waals surface area contributed by atoms with E-state index in [9.17, 15) is 9.59 Å². The van der Waals surface area contributed by atoms with Crippen LogP contribution in [0.5, 0.6) is 5.75 Å². The Morgan fingerprint density at radius 2 is 1.78 bits per heavy atom. The second-order valence-corrected chi connectivity index (χ2v) is 10.8. The third-order valence-electron chi connectivity index (χ3n) is 7.27. The molecule has 1 aliphatic heterocycles. The first kappa shape index (κ1) is 26.6. The number of nitrogens with zero attached hydrogens (tertiary/aromatic N) is 5. The van der Waals surface area contributed by atoms with Gasteiger partial charge in [0.2, 0.25) is 11.7 Å². The summed E-state index contributed by atoms with van der Waals surface area (Å²) in [6, 6.07) is 24.9. The predicted octanol–water partition coefficient (Wildman–Crippen LogP) is 5.15. The van der Waals surface area contributed by atoms with E-state index in [1.54, 1.807) is 19.4 Å². The molecule has 0 spiro atoms. The molecule has 1 saturated heterocycles. The van der Waals surface area contributed by atoms with Gasteiger partial charge in [0.05, 0.1) is 24.8 Å². The fourth-order valence-corrected chi connectivity index (χ4v) is 5.94. The molecular formula is C31H29N5O4S. The largest absolute Gasteiger partial charge is 0.497 e. The summed E-state index contributed by atoms with van der Waals surface area (Å²) >= 11 is 1.32. The maximum absolute atomic E-state index is 13.3. The Bertz CT molecular complexity index is 1680. The fourth-order valence-electron chi connectivity index (χ4n) is 5.08. The Kier molecular flexibility index (Phi) is 7.47. The molecule has 3 heterocycles. The highest BCUT2D eigenvalue weighted by atomic mass is 32.2. The molecule has 10 heteroatoms. The number of carbonyl (C=O) groups is 2. The number of piperazine rings is 1. The number of carbonyl (C=O) groups excluding carboxylic acids is 2. The van der Waals surface area contributed by atoms with E-state index in [0.29, 0.717) is 41.9 Å². The second kappa shape index (κ2) is 11.5. The number of amides is 2. The van der Waals surface area contributed by atoms with E-state index in [1.807, 2.05) is 94.1 Å². The number of hydrogen-bond acceptors (Lipinski definition) is 7. The minimum Gasteiger partial charge on any atom is -0.497 e. The zero-order chi connectivity index (χ0) is 28.3. The molecule has 0 saturated carbocycles. The van der Waals surface area contributed by atoms with Crippen LogP contribution in [0.1, 0.15) is 17.3 Å². The number of thioether (sulfide) groups is 1. The topological polar surface area (TPSA) is 93.7 Å². The molecule has 0 N–H and O–H groups in total. The van der Waals surface area contributed by atoms with Gasteiger partial charge in [0.25, 0.3) is 5.91 Å². The molecule has 5 aromatic rings. The monoisotopic (exact) mass is 567 g/mol. The molecule has 3 aromatic carbocycles. The van der Waals surface area contributed by atoms with Gasteiger partial charge in [0, 0.05) is 31.2 Å². The van der Waals surface area contributed by atoms with Crippen molar-refractivity contribution in [2.24, 2.45) is 0 Å². The van der Waals surface area contributed by atoms with Gasteiger partial charge in [-0.05, 0) is 66.2 Å². The van der Waals surface area contributed by atoms with Crippen molar-refractivity contribution in [2.45, 2.75) is 18.1 Å². The highest BCUT2D eigenvalue weighted by Gasteiger charge is 2.31. The first-order chi connectivity index (χ1) is 20.0.